The predicted molar refractivity (Wildman–Crippen MR) is 74.7 cm³/mol. The Labute approximate surface area is 126 Å². The Morgan fingerprint density at radius 3 is 2.62 bits per heavy atom. The summed E-state index contributed by atoms with van der Waals surface area (Å²) in [7, 11) is 1.61. The van der Waals surface area contributed by atoms with Crippen LogP contribution >= 0.6 is 11.6 Å². The maximum absolute atomic E-state index is 12.4. The average molecular weight is 327 g/mol. The summed E-state index contributed by atoms with van der Waals surface area (Å²) in [5.41, 5.74) is -0.857. The van der Waals surface area contributed by atoms with Crippen molar-refractivity contribution in [1.29, 1.82) is 0 Å². The topological polar surface area (TPSA) is 43.4 Å². The maximum atomic E-state index is 12.4. The first-order valence-corrected chi connectivity index (χ1v) is 6.86. The van der Waals surface area contributed by atoms with E-state index in [0.29, 0.717) is 26.4 Å². The second-order valence-electron chi connectivity index (χ2n) is 4.29. The average Bonchev–Trinajstić information content (AvgIpc) is 2.42. The summed E-state index contributed by atoms with van der Waals surface area (Å²) in [6.07, 6.45) is -2.04. The Morgan fingerprint density at radius 2 is 2.00 bits per heavy atom. The number of nitrogens with one attached hydrogen (secondary N) is 1. The fraction of sp³-hybridized carbons (Fsp3) is 0.615. The van der Waals surface area contributed by atoms with Crippen LogP contribution in [0.3, 0.4) is 0 Å². The largest absolute Gasteiger partial charge is 0.417 e. The van der Waals surface area contributed by atoms with E-state index in [1.165, 1.54) is 0 Å². The van der Waals surface area contributed by atoms with Crippen LogP contribution in [0.15, 0.2) is 12.3 Å². The van der Waals surface area contributed by atoms with E-state index in [4.69, 9.17) is 21.1 Å². The molecular formula is C13H18ClF3N2O2. The lowest BCUT2D eigenvalue weighted by Gasteiger charge is -2.10. The standard InChI is InChI=1S/C13H18ClF3N2O2/c1-20-6-7-21-5-3-2-4-18-12-11(14)8-10(9-19-12)13(15,16)17/h8-9H,2-7H2,1H3,(H,18,19). The summed E-state index contributed by atoms with van der Waals surface area (Å²) in [6.45, 7) is 2.28. The van der Waals surface area contributed by atoms with E-state index < -0.39 is 11.7 Å². The molecule has 0 spiro atoms. The van der Waals surface area contributed by atoms with Crippen LogP contribution in [0.4, 0.5) is 19.0 Å². The molecule has 4 nitrogen and oxygen atoms in total. The van der Waals surface area contributed by atoms with E-state index in [2.05, 4.69) is 10.3 Å². The maximum Gasteiger partial charge on any atom is 0.417 e. The lowest BCUT2D eigenvalue weighted by atomic mass is 10.2. The minimum Gasteiger partial charge on any atom is -0.382 e. The number of unbranched alkanes of at least 4 members (excludes halogenated alkanes) is 1. The van der Waals surface area contributed by atoms with Crippen molar-refractivity contribution in [2.45, 2.75) is 19.0 Å². The van der Waals surface area contributed by atoms with E-state index in [1.54, 1.807) is 7.11 Å². The van der Waals surface area contributed by atoms with Gasteiger partial charge in [0.05, 0.1) is 23.8 Å². The molecule has 0 aliphatic carbocycles. The normalized spacial score (nSPS) is 11.7. The predicted octanol–water partition coefficient (Wildman–Crippen LogP) is 3.61. The molecule has 0 aliphatic rings. The molecule has 8 heteroatoms. The molecule has 0 fully saturated rings. The highest BCUT2D eigenvalue weighted by Crippen LogP contribution is 2.32. The van der Waals surface area contributed by atoms with Gasteiger partial charge in [-0.15, -0.1) is 0 Å². The van der Waals surface area contributed by atoms with Crippen molar-refractivity contribution in [2.75, 3.05) is 38.8 Å². The van der Waals surface area contributed by atoms with Gasteiger partial charge in [-0.05, 0) is 18.9 Å². The van der Waals surface area contributed by atoms with Gasteiger partial charge in [0, 0.05) is 26.5 Å². The summed E-state index contributed by atoms with van der Waals surface area (Å²) in [5.74, 6) is 0.255. The second-order valence-corrected chi connectivity index (χ2v) is 4.70. The first kappa shape index (κ1) is 18.0. The lowest BCUT2D eigenvalue weighted by molar-refractivity contribution is -0.137. The summed E-state index contributed by atoms with van der Waals surface area (Å²) in [5, 5.41) is 2.86. The molecule has 1 N–H and O–H groups in total. The molecule has 0 atom stereocenters. The van der Waals surface area contributed by atoms with Crippen molar-refractivity contribution >= 4 is 17.4 Å². The highest BCUT2D eigenvalue weighted by Gasteiger charge is 2.31. The molecular weight excluding hydrogens is 309 g/mol. The first-order valence-electron chi connectivity index (χ1n) is 6.48. The Hall–Kier alpha value is -1.05. The highest BCUT2D eigenvalue weighted by molar-refractivity contribution is 6.32. The molecule has 1 aromatic rings. The number of methoxy groups -OCH3 is 1. The molecule has 0 unspecified atom stereocenters. The minimum atomic E-state index is -4.44. The number of halogens is 4. The third kappa shape index (κ3) is 6.97. The summed E-state index contributed by atoms with van der Waals surface area (Å²) in [6, 6.07) is 0.866. The van der Waals surface area contributed by atoms with Gasteiger partial charge in [0.15, 0.2) is 0 Å². The number of ether oxygens (including phenoxy) is 2. The zero-order valence-electron chi connectivity index (χ0n) is 11.7. The van der Waals surface area contributed by atoms with E-state index in [0.717, 1.165) is 25.1 Å². The number of hydrogen-bond acceptors (Lipinski definition) is 4. The molecule has 0 saturated carbocycles. The van der Waals surface area contributed by atoms with Crippen LogP contribution in [-0.2, 0) is 15.7 Å². The van der Waals surface area contributed by atoms with Crippen molar-refractivity contribution in [3.05, 3.63) is 22.8 Å². The van der Waals surface area contributed by atoms with E-state index in [9.17, 15) is 13.2 Å². The van der Waals surface area contributed by atoms with Gasteiger partial charge in [0.2, 0.25) is 0 Å². The van der Waals surface area contributed by atoms with Gasteiger partial charge in [-0.3, -0.25) is 0 Å². The van der Waals surface area contributed by atoms with E-state index >= 15 is 0 Å². The fourth-order valence-corrected chi connectivity index (χ4v) is 1.74. The SMILES string of the molecule is COCCOCCCCNc1ncc(C(F)(F)F)cc1Cl. The van der Waals surface area contributed by atoms with Crippen LogP contribution in [0.1, 0.15) is 18.4 Å². The summed E-state index contributed by atoms with van der Waals surface area (Å²) >= 11 is 5.77. The minimum absolute atomic E-state index is 0.0406. The molecule has 120 valence electrons. The molecule has 1 heterocycles. The second kappa shape index (κ2) is 9.07. The van der Waals surface area contributed by atoms with Crippen LogP contribution in [0.25, 0.3) is 0 Å². The van der Waals surface area contributed by atoms with Crippen LogP contribution in [0.2, 0.25) is 5.02 Å². The van der Waals surface area contributed by atoms with Crippen LogP contribution in [0, 0.1) is 0 Å². The van der Waals surface area contributed by atoms with E-state index in [1.807, 2.05) is 0 Å². The number of hydrogen-bond donors (Lipinski definition) is 1. The van der Waals surface area contributed by atoms with Crippen LogP contribution < -0.4 is 5.32 Å². The smallest absolute Gasteiger partial charge is 0.382 e. The fourth-order valence-electron chi connectivity index (χ4n) is 1.50. The zero-order chi connectivity index (χ0) is 15.7. The molecule has 0 saturated heterocycles. The van der Waals surface area contributed by atoms with Crippen molar-refractivity contribution in [2.24, 2.45) is 0 Å². The summed E-state index contributed by atoms with van der Waals surface area (Å²) < 4.78 is 47.4. The lowest BCUT2D eigenvalue weighted by Crippen LogP contribution is -2.09. The van der Waals surface area contributed by atoms with Crippen molar-refractivity contribution < 1.29 is 22.6 Å². The first-order chi connectivity index (χ1) is 9.95. The molecule has 0 aliphatic heterocycles. The molecule has 1 rings (SSSR count). The number of nitrogens with zero attached hydrogens (tertiary/aromatic N) is 1. The van der Waals surface area contributed by atoms with Gasteiger partial charge in [-0.1, -0.05) is 11.6 Å². The van der Waals surface area contributed by atoms with Gasteiger partial charge in [0.25, 0.3) is 0 Å². The van der Waals surface area contributed by atoms with Crippen molar-refractivity contribution in [3.63, 3.8) is 0 Å². The zero-order valence-corrected chi connectivity index (χ0v) is 12.4. The van der Waals surface area contributed by atoms with Crippen LogP contribution in [0.5, 0.6) is 0 Å². The van der Waals surface area contributed by atoms with Gasteiger partial charge in [-0.2, -0.15) is 13.2 Å². The third-order valence-electron chi connectivity index (χ3n) is 2.61. The quantitative estimate of drug-likeness (QED) is 0.704. The van der Waals surface area contributed by atoms with Gasteiger partial charge >= 0.3 is 6.18 Å². The Kier molecular flexibility index (Phi) is 7.77. The monoisotopic (exact) mass is 326 g/mol. The number of anilines is 1. The molecule has 21 heavy (non-hydrogen) atoms. The van der Waals surface area contributed by atoms with E-state index in [-0.39, 0.29) is 10.8 Å². The Balaban J connectivity index is 2.27. The summed E-state index contributed by atoms with van der Waals surface area (Å²) in [4.78, 5) is 3.69. The Bertz CT molecular complexity index is 430. The molecule has 0 amide bonds. The number of aromatic nitrogens is 1. The third-order valence-corrected chi connectivity index (χ3v) is 2.90. The number of alkyl halides is 3. The number of pyridine rings is 1. The van der Waals surface area contributed by atoms with Gasteiger partial charge < -0.3 is 14.8 Å². The molecule has 0 aromatic carbocycles. The Morgan fingerprint density at radius 1 is 1.24 bits per heavy atom. The van der Waals surface area contributed by atoms with Crippen molar-refractivity contribution in [3.8, 4) is 0 Å². The molecule has 0 radical (unpaired) electrons. The number of rotatable bonds is 9. The molecule has 1 aromatic heterocycles. The van der Waals surface area contributed by atoms with Crippen molar-refractivity contribution in [1.82, 2.24) is 4.98 Å². The van der Waals surface area contributed by atoms with Gasteiger partial charge in [0.1, 0.15) is 5.82 Å². The highest BCUT2D eigenvalue weighted by atomic mass is 35.5. The van der Waals surface area contributed by atoms with Crippen LogP contribution in [-0.4, -0.2) is 38.5 Å². The molecule has 0 bridgehead atoms. The van der Waals surface area contributed by atoms with Gasteiger partial charge in [-0.25, -0.2) is 4.98 Å².